The fourth-order valence-corrected chi connectivity index (χ4v) is 2.66. The van der Waals surface area contributed by atoms with E-state index in [0.29, 0.717) is 12.4 Å². The Morgan fingerprint density at radius 1 is 1.07 bits per heavy atom. The molecule has 0 bridgehead atoms. The van der Waals surface area contributed by atoms with E-state index in [0.717, 1.165) is 16.9 Å². The van der Waals surface area contributed by atoms with Crippen molar-refractivity contribution in [3.05, 3.63) is 65.7 Å². The van der Waals surface area contributed by atoms with Crippen molar-refractivity contribution in [1.29, 1.82) is 0 Å². The molecule has 0 saturated carbocycles. The summed E-state index contributed by atoms with van der Waals surface area (Å²) in [6.07, 6.45) is 3.19. The number of hydrogen-bond donors (Lipinski definition) is 0. The van der Waals surface area contributed by atoms with Gasteiger partial charge in [0.15, 0.2) is 0 Å². The second-order valence-corrected chi connectivity index (χ2v) is 7.36. The van der Waals surface area contributed by atoms with Crippen LogP contribution in [-0.2, 0) is 9.53 Å². The molecule has 0 spiro atoms. The van der Waals surface area contributed by atoms with Crippen LogP contribution in [0, 0.1) is 0 Å². The van der Waals surface area contributed by atoms with Crippen LogP contribution in [0.4, 0.5) is 0 Å². The molecule has 0 aromatic heterocycles. The highest BCUT2D eigenvalue weighted by Crippen LogP contribution is 2.30. The first kappa shape index (κ1) is 20.6. The Morgan fingerprint density at radius 2 is 1.78 bits per heavy atom. The highest BCUT2D eigenvalue weighted by Gasteiger charge is 2.16. The Kier molecular flexibility index (Phi) is 7.05. The smallest absolute Gasteiger partial charge is 0.331 e. The molecule has 2 aromatic rings. The number of methoxy groups -OCH3 is 1. The molecule has 0 aliphatic rings. The zero-order valence-electron chi connectivity index (χ0n) is 16.7. The van der Waals surface area contributed by atoms with Gasteiger partial charge in [0, 0.05) is 17.6 Å². The van der Waals surface area contributed by atoms with E-state index in [4.69, 9.17) is 14.2 Å². The molecule has 2 rings (SSSR count). The van der Waals surface area contributed by atoms with Gasteiger partial charge in [-0.3, -0.25) is 0 Å². The lowest BCUT2D eigenvalue weighted by atomic mass is 9.95. The number of rotatable bonds is 7. The van der Waals surface area contributed by atoms with Crippen molar-refractivity contribution in [3.63, 3.8) is 0 Å². The number of benzene rings is 2. The maximum Gasteiger partial charge on any atom is 0.331 e. The predicted octanol–water partition coefficient (Wildman–Crippen LogP) is 5.23. The van der Waals surface area contributed by atoms with Gasteiger partial charge in [-0.15, -0.1) is 0 Å². The minimum absolute atomic E-state index is 0.110. The molecule has 27 heavy (non-hydrogen) atoms. The number of hydrogen-bond acceptors (Lipinski definition) is 4. The second kappa shape index (κ2) is 9.26. The predicted molar refractivity (Wildman–Crippen MR) is 108 cm³/mol. The summed E-state index contributed by atoms with van der Waals surface area (Å²) in [7, 11) is 1.62. The van der Waals surface area contributed by atoms with Crippen molar-refractivity contribution < 1.29 is 19.0 Å². The molecule has 2 aromatic carbocycles. The Balaban J connectivity index is 2.19. The average Bonchev–Trinajstić information content (AvgIpc) is 2.63. The molecule has 4 nitrogen and oxygen atoms in total. The maximum atomic E-state index is 12.0. The first-order valence-corrected chi connectivity index (χ1v) is 9.06. The molecule has 0 aliphatic heterocycles. The highest BCUT2D eigenvalue weighted by atomic mass is 16.6. The third kappa shape index (κ3) is 6.48. The van der Waals surface area contributed by atoms with E-state index in [1.54, 1.807) is 13.2 Å². The molecule has 0 heterocycles. The summed E-state index contributed by atoms with van der Waals surface area (Å²) in [5, 5.41) is 0. The van der Waals surface area contributed by atoms with Crippen LogP contribution in [-0.4, -0.2) is 25.3 Å². The largest absolute Gasteiger partial charge is 0.496 e. The van der Waals surface area contributed by atoms with E-state index in [-0.39, 0.29) is 11.9 Å². The van der Waals surface area contributed by atoms with Crippen molar-refractivity contribution in [2.24, 2.45) is 0 Å². The zero-order chi connectivity index (χ0) is 19.9. The van der Waals surface area contributed by atoms with E-state index < -0.39 is 5.60 Å². The normalized spacial score (nSPS) is 12.6. The van der Waals surface area contributed by atoms with Crippen molar-refractivity contribution in [3.8, 4) is 11.5 Å². The molecule has 0 aliphatic carbocycles. The lowest BCUT2D eigenvalue weighted by Crippen LogP contribution is -2.22. The zero-order valence-corrected chi connectivity index (χ0v) is 16.7. The number of carbonyl (C=O) groups excluding carboxylic acids is 1. The van der Waals surface area contributed by atoms with E-state index in [1.165, 1.54) is 6.08 Å². The topological polar surface area (TPSA) is 44.8 Å². The first-order valence-electron chi connectivity index (χ1n) is 9.06. The van der Waals surface area contributed by atoms with Gasteiger partial charge in [-0.05, 0) is 50.6 Å². The molecular weight excluding hydrogens is 340 g/mol. The van der Waals surface area contributed by atoms with E-state index in [2.05, 4.69) is 6.92 Å². The van der Waals surface area contributed by atoms with Crippen molar-refractivity contribution in [2.75, 3.05) is 13.7 Å². The lowest BCUT2D eigenvalue weighted by molar-refractivity contribution is -0.148. The van der Waals surface area contributed by atoms with Crippen LogP contribution >= 0.6 is 0 Å². The van der Waals surface area contributed by atoms with Crippen LogP contribution < -0.4 is 9.47 Å². The molecule has 1 unspecified atom stereocenters. The SMILES string of the molecule is COc1cccc(C(C)COc2ccccc2)c1/C=C/C(=O)OC(C)(C)C. The summed E-state index contributed by atoms with van der Waals surface area (Å²) in [5.74, 6) is 1.27. The Morgan fingerprint density at radius 3 is 2.41 bits per heavy atom. The minimum Gasteiger partial charge on any atom is -0.496 e. The highest BCUT2D eigenvalue weighted by molar-refractivity contribution is 5.88. The van der Waals surface area contributed by atoms with Gasteiger partial charge in [0.1, 0.15) is 17.1 Å². The Labute approximate surface area is 161 Å². The van der Waals surface area contributed by atoms with Crippen LogP contribution in [0.1, 0.15) is 44.7 Å². The fourth-order valence-electron chi connectivity index (χ4n) is 2.66. The van der Waals surface area contributed by atoms with Crippen molar-refractivity contribution in [1.82, 2.24) is 0 Å². The van der Waals surface area contributed by atoms with Gasteiger partial charge in [0.25, 0.3) is 0 Å². The first-order chi connectivity index (χ1) is 12.8. The van der Waals surface area contributed by atoms with Gasteiger partial charge in [-0.2, -0.15) is 0 Å². The monoisotopic (exact) mass is 368 g/mol. The Hall–Kier alpha value is -2.75. The number of esters is 1. The van der Waals surface area contributed by atoms with Crippen molar-refractivity contribution in [2.45, 2.75) is 39.2 Å². The quantitative estimate of drug-likeness (QED) is 0.496. The van der Waals surface area contributed by atoms with Gasteiger partial charge >= 0.3 is 5.97 Å². The van der Waals surface area contributed by atoms with Crippen LogP contribution in [0.2, 0.25) is 0 Å². The van der Waals surface area contributed by atoms with Gasteiger partial charge in [0.2, 0.25) is 0 Å². The summed E-state index contributed by atoms with van der Waals surface area (Å²) >= 11 is 0. The maximum absolute atomic E-state index is 12.0. The lowest BCUT2D eigenvalue weighted by Gasteiger charge is -2.19. The molecule has 0 fully saturated rings. The van der Waals surface area contributed by atoms with Gasteiger partial charge in [0.05, 0.1) is 13.7 Å². The van der Waals surface area contributed by atoms with Gasteiger partial charge in [-0.25, -0.2) is 4.79 Å². The average molecular weight is 368 g/mol. The summed E-state index contributed by atoms with van der Waals surface area (Å²) in [4.78, 5) is 12.0. The number of ether oxygens (including phenoxy) is 3. The molecule has 1 atom stereocenters. The van der Waals surface area contributed by atoms with Crippen LogP contribution in [0.15, 0.2) is 54.6 Å². The van der Waals surface area contributed by atoms with E-state index >= 15 is 0 Å². The molecule has 4 heteroatoms. The summed E-state index contributed by atoms with van der Waals surface area (Å²) in [6, 6.07) is 15.6. The minimum atomic E-state index is -0.526. The third-order valence-corrected chi connectivity index (χ3v) is 3.89. The molecular formula is C23H28O4. The van der Waals surface area contributed by atoms with Crippen molar-refractivity contribution >= 4 is 12.0 Å². The molecule has 0 N–H and O–H groups in total. The number of carbonyl (C=O) groups is 1. The molecule has 0 amide bonds. The summed E-state index contributed by atoms with van der Waals surface area (Å²) < 4.78 is 16.7. The summed E-state index contributed by atoms with van der Waals surface area (Å²) in [5.41, 5.74) is 1.38. The fraction of sp³-hybridized carbons (Fsp3) is 0.348. The standard InChI is InChI=1S/C23H28O4/c1-17(16-26-18-10-7-6-8-11-18)19-12-9-13-21(25-5)20(19)14-15-22(24)27-23(2,3)4/h6-15,17H,16H2,1-5H3/b15-14+. The van der Waals surface area contributed by atoms with Gasteiger partial charge < -0.3 is 14.2 Å². The molecule has 0 saturated heterocycles. The van der Waals surface area contributed by atoms with Crippen LogP contribution in [0.5, 0.6) is 11.5 Å². The van der Waals surface area contributed by atoms with Crippen LogP contribution in [0.25, 0.3) is 6.08 Å². The number of para-hydroxylation sites is 1. The second-order valence-electron chi connectivity index (χ2n) is 7.36. The van der Waals surface area contributed by atoms with E-state index in [1.807, 2.05) is 69.3 Å². The van der Waals surface area contributed by atoms with Crippen LogP contribution in [0.3, 0.4) is 0 Å². The Bertz CT molecular complexity index is 773. The van der Waals surface area contributed by atoms with E-state index in [9.17, 15) is 4.79 Å². The molecule has 0 radical (unpaired) electrons. The molecule has 144 valence electrons. The van der Waals surface area contributed by atoms with Gasteiger partial charge in [-0.1, -0.05) is 37.3 Å². The summed E-state index contributed by atoms with van der Waals surface area (Å²) in [6.45, 7) is 8.13. The third-order valence-electron chi connectivity index (χ3n) is 3.89.